The first-order valence-electron chi connectivity index (χ1n) is 9.38. The molecule has 0 bridgehead atoms. The molecule has 154 valence electrons. The maximum atomic E-state index is 11.3. The number of carboxylic acids is 1. The van der Waals surface area contributed by atoms with Crippen LogP contribution in [0.15, 0.2) is 42.5 Å². The number of alkyl halides is 2. The number of rotatable bonds is 9. The number of aryl methyl sites for hydroxylation is 1. The maximum Gasteiger partial charge on any atom is 0.320 e. The first-order chi connectivity index (χ1) is 13.9. The van der Waals surface area contributed by atoms with Gasteiger partial charge in [0.05, 0.1) is 11.0 Å². The zero-order valence-corrected chi connectivity index (χ0v) is 17.7. The van der Waals surface area contributed by atoms with Gasteiger partial charge in [-0.2, -0.15) is 0 Å². The zero-order valence-electron chi connectivity index (χ0n) is 16.2. The summed E-state index contributed by atoms with van der Waals surface area (Å²) in [5, 5.41) is 9.26. The van der Waals surface area contributed by atoms with Gasteiger partial charge in [0.1, 0.15) is 11.9 Å². The molecule has 2 aromatic carbocycles. The normalized spacial score (nSPS) is 12.3. The van der Waals surface area contributed by atoms with Crippen LogP contribution in [-0.4, -0.2) is 51.5 Å². The van der Waals surface area contributed by atoms with Gasteiger partial charge in [-0.3, -0.25) is 9.36 Å². The van der Waals surface area contributed by atoms with Gasteiger partial charge in [0.15, 0.2) is 0 Å². The summed E-state index contributed by atoms with van der Waals surface area (Å²) < 4.78 is 1.97. The van der Waals surface area contributed by atoms with E-state index >= 15 is 0 Å². The van der Waals surface area contributed by atoms with E-state index < -0.39 is 12.0 Å². The van der Waals surface area contributed by atoms with Crippen LogP contribution < -0.4 is 10.6 Å². The van der Waals surface area contributed by atoms with Crippen LogP contribution >= 0.6 is 23.2 Å². The number of hydrogen-bond donors (Lipinski definition) is 2. The number of imidazole rings is 1. The second kappa shape index (κ2) is 9.48. The molecule has 29 heavy (non-hydrogen) atoms. The third-order valence-electron chi connectivity index (χ3n) is 4.79. The number of fused-ring (bicyclic) bond motifs is 1. The monoisotopic (exact) mass is 434 g/mol. The smallest absolute Gasteiger partial charge is 0.320 e. The summed E-state index contributed by atoms with van der Waals surface area (Å²) in [6, 6.07) is 13.0. The molecule has 8 heteroatoms. The molecule has 3 aromatic rings. The molecule has 0 amide bonds. The van der Waals surface area contributed by atoms with Crippen molar-refractivity contribution in [1.29, 1.82) is 0 Å². The Kier molecular flexibility index (Phi) is 7.00. The summed E-state index contributed by atoms with van der Waals surface area (Å²) in [5.41, 5.74) is 10.5. The van der Waals surface area contributed by atoms with Crippen LogP contribution in [0, 0.1) is 6.92 Å². The van der Waals surface area contributed by atoms with Gasteiger partial charge in [-0.15, -0.1) is 23.2 Å². The van der Waals surface area contributed by atoms with Crippen molar-refractivity contribution in [2.45, 2.75) is 19.4 Å². The third kappa shape index (κ3) is 4.83. The molecule has 0 spiro atoms. The Morgan fingerprint density at radius 3 is 2.41 bits per heavy atom. The molecular formula is C21H24Cl2N4O2. The lowest BCUT2D eigenvalue weighted by Crippen LogP contribution is -2.33. The Balaban J connectivity index is 2.12. The Morgan fingerprint density at radius 2 is 1.83 bits per heavy atom. The number of aromatic nitrogens is 2. The lowest BCUT2D eigenvalue weighted by Gasteiger charge is -2.22. The highest BCUT2D eigenvalue weighted by Gasteiger charge is 2.20. The van der Waals surface area contributed by atoms with E-state index in [0.29, 0.717) is 30.7 Å². The van der Waals surface area contributed by atoms with E-state index in [9.17, 15) is 9.90 Å². The lowest BCUT2D eigenvalue weighted by molar-refractivity contribution is -0.138. The minimum absolute atomic E-state index is 0.125. The Morgan fingerprint density at radius 1 is 1.17 bits per heavy atom. The number of aliphatic carboxylic acids is 1. The van der Waals surface area contributed by atoms with E-state index in [1.54, 1.807) is 0 Å². The minimum Gasteiger partial charge on any atom is -0.480 e. The average molecular weight is 435 g/mol. The molecule has 1 aromatic heterocycles. The quantitative estimate of drug-likeness (QED) is 0.502. The molecule has 0 saturated carbocycles. The van der Waals surface area contributed by atoms with Crippen molar-refractivity contribution >= 4 is 45.9 Å². The number of nitrogens with zero attached hydrogens (tertiary/aromatic N) is 3. The number of nitrogens with two attached hydrogens (primary N) is 1. The number of anilines is 1. The van der Waals surface area contributed by atoms with Crippen molar-refractivity contribution in [1.82, 2.24) is 9.55 Å². The number of carbonyl (C=O) groups is 1. The van der Waals surface area contributed by atoms with Gasteiger partial charge in [0, 0.05) is 42.6 Å². The molecule has 0 aliphatic carbocycles. The van der Waals surface area contributed by atoms with E-state index in [4.69, 9.17) is 33.9 Å². The lowest BCUT2D eigenvalue weighted by atomic mass is 10.2. The first-order valence-corrected chi connectivity index (χ1v) is 10.4. The first kappa shape index (κ1) is 21.4. The van der Waals surface area contributed by atoms with Gasteiger partial charge in [-0.25, -0.2) is 4.98 Å². The molecular weight excluding hydrogens is 411 g/mol. The maximum absolute atomic E-state index is 11.3. The van der Waals surface area contributed by atoms with Crippen LogP contribution in [0.1, 0.15) is 11.4 Å². The van der Waals surface area contributed by atoms with Crippen LogP contribution in [-0.2, 0) is 11.2 Å². The fourth-order valence-electron chi connectivity index (χ4n) is 3.29. The van der Waals surface area contributed by atoms with Gasteiger partial charge in [0.25, 0.3) is 0 Å². The predicted octanol–water partition coefficient (Wildman–Crippen LogP) is 3.57. The molecule has 3 rings (SSSR count). The van der Waals surface area contributed by atoms with Gasteiger partial charge >= 0.3 is 5.97 Å². The average Bonchev–Trinajstić information content (AvgIpc) is 3.05. The van der Waals surface area contributed by atoms with Crippen molar-refractivity contribution in [2.75, 3.05) is 29.7 Å². The Bertz CT molecular complexity index is 982. The molecule has 0 fully saturated rings. The van der Waals surface area contributed by atoms with Crippen LogP contribution in [0.2, 0.25) is 0 Å². The topological polar surface area (TPSA) is 84.4 Å². The molecule has 0 saturated heterocycles. The van der Waals surface area contributed by atoms with Crippen LogP contribution in [0.5, 0.6) is 0 Å². The van der Waals surface area contributed by atoms with Crippen LogP contribution in [0.4, 0.5) is 5.69 Å². The minimum atomic E-state index is -1.05. The number of carboxylic acid groups (broad SMARTS) is 1. The van der Waals surface area contributed by atoms with Crippen molar-refractivity contribution in [3.05, 3.63) is 53.9 Å². The van der Waals surface area contributed by atoms with Gasteiger partial charge < -0.3 is 15.7 Å². The third-order valence-corrected chi connectivity index (χ3v) is 5.13. The highest BCUT2D eigenvalue weighted by Crippen LogP contribution is 2.27. The highest BCUT2D eigenvalue weighted by atomic mass is 35.5. The van der Waals surface area contributed by atoms with E-state index in [1.807, 2.05) is 54.0 Å². The number of hydrogen-bond acceptors (Lipinski definition) is 4. The van der Waals surface area contributed by atoms with Crippen molar-refractivity contribution in [2.24, 2.45) is 5.73 Å². The van der Waals surface area contributed by atoms with Gasteiger partial charge in [-0.1, -0.05) is 17.7 Å². The summed E-state index contributed by atoms with van der Waals surface area (Å²) in [4.78, 5) is 18.1. The van der Waals surface area contributed by atoms with Crippen LogP contribution in [0.3, 0.4) is 0 Å². The molecule has 3 N–H and O–H groups in total. The Labute approximate surface area is 179 Å². The van der Waals surface area contributed by atoms with E-state index in [1.165, 1.54) is 0 Å². The predicted molar refractivity (Wildman–Crippen MR) is 119 cm³/mol. The second-order valence-electron chi connectivity index (χ2n) is 6.89. The van der Waals surface area contributed by atoms with Gasteiger partial charge in [0.2, 0.25) is 0 Å². The number of benzene rings is 2. The largest absolute Gasteiger partial charge is 0.480 e. The van der Waals surface area contributed by atoms with E-state index in [-0.39, 0.29) is 6.42 Å². The fourth-order valence-corrected chi connectivity index (χ4v) is 3.70. The summed E-state index contributed by atoms with van der Waals surface area (Å²) >= 11 is 11.9. The summed E-state index contributed by atoms with van der Waals surface area (Å²) in [5.74, 6) is 0.539. The van der Waals surface area contributed by atoms with Gasteiger partial charge in [-0.05, 0) is 37.3 Å². The zero-order chi connectivity index (χ0) is 21.0. The summed E-state index contributed by atoms with van der Waals surface area (Å²) in [7, 11) is 0. The van der Waals surface area contributed by atoms with Crippen molar-refractivity contribution in [3.63, 3.8) is 0 Å². The molecule has 1 atom stereocenters. The van der Waals surface area contributed by atoms with E-state index in [2.05, 4.69) is 4.90 Å². The molecule has 0 aliphatic rings. The van der Waals surface area contributed by atoms with Crippen molar-refractivity contribution in [3.8, 4) is 5.69 Å². The second-order valence-corrected chi connectivity index (χ2v) is 7.64. The molecule has 0 radical (unpaired) electrons. The number of halogens is 2. The van der Waals surface area contributed by atoms with Crippen molar-refractivity contribution < 1.29 is 9.90 Å². The summed E-state index contributed by atoms with van der Waals surface area (Å²) in [6.07, 6.45) is 0.125. The van der Waals surface area contributed by atoms with E-state index in [0.717, 1.165) is 28.0 Å². The molecule has 6 nitrogen and oxygen atoms in total. The van der Waals surface area contributed by atoms with Crippen LogP contribution in [0.25, 0.3) is 16.7 Å². The SMILES string of the molecule is Cc1ccc(-n2c(C[C@H](N)C(=O)O)nc3cc(N(CCCl)CCCl)ccc32)cc1. The molecule has 0 aliphatic heterocycles. The molecule has 0 unspecified atom stereocenters. The molecule has 1 heterocycles. The standard InChI is InChI=1S/C21H24Cl2N4O2/c1-14-2-4-15(5-3-14)27-19-7-6-16(26(10-8-22)11-9-23)12-18(19)25-20(27)13-17(24)21(28)29/h2-7,12,17H,8-11,13,24H2,1H3,(H,28,29)/t17-/m0/s1. The Hall–Kier alpha value is -2.28. The summed E-state index contributed by atoms with van der Waals surface area (Å²) in [6.45, 7) is 3.37. The highest BCUT2D eigenvalue weighted by molar-refractivity contribution is 6.18. The fraction of sp³-hybridized carbons (Fsp3) is 0.333.